The number of fused-ring (bicyclic) bond motifs is 1. The molecule has 0 saturated heterocycles. The van der Waals surface area contributed by atoms with Crippen molar-refractivity contribution in [2.24, 2.45) is 5.92 Å². The molecule has 0 fully saturated rings. The van der Waals surface area contributed by atoms with Gasteiger partial charge < -0.3 is 0 Å². The smallest absolute Gasteiger partial charge is 0.0661 e. The summed E-state index contributed by atoms with van der Waals surface area (Å²) in [5.74, 6) is 0.506. The molecule has 0 amide bonds. The fraction of sp³-hybridized carbons (Fsp3) is 0.300. The highest BCUT2D eigenvalue weighted by molar-refractivity contribution is 5.52. The number of aromatic nitrogens is 2. The van der Waals surface area contributed by atoms with Gasteiger partial charge in [0.15, 0.2) is 0 Å². The summed E-state index contributed by atoms with van der Waals surface area (Å²) in [4.78, 5) is 0. The van der Waals surface area contributed by atoms with E-state index in [-0.39, 0.29) is 0 Å². The van der Waals surface area contributed by atoms with Crippen LogP contribution in [0.15, 0.2) is 18.2 Å². The van der Waals surface area contributed by atoms with Crippen LogP contribution in [0.25, 0.3) is 12.3 Å². The number of hydrogen-bond acceptors (Lipinski definition) is 1. The second-order valence-corrected chi connectivity index (χ2v) is 3.21. The molecule has 0 radical (unpaired) electrons. The number of rotatable bonds is 0. The van der Waals surface area contributed by atoms with E-state index >= 15 is 0 Å². The van der Waals surface area contributed by atoms with Crippen LogP contribution in [0.5, 0.6) is 0 Å². The van der Waals surface area contributed by atoms with Gasteiger partial charge in [-0.3, -0.25) is 0 Å². The van der Waals surface area contributed by atoms with Crippen LogP contribution in [-0.4, -0.2) is 9.78 Å². The Morgan fingerprint density at radius 2 is 2.25 bits per heavy atom. The minimum absolute atomic E-state index is 0.506. The third-order valence-corrected chi connectivity index (χ3v) is 1.99. The van der Waals surface area contributed by atoms with E-state index < -0.39 is 0 Å². The summed E-state index contributed by atoms with van der Waals surface area (Å²) >= 11 is 0. The zero-order valence-corrected chi connectivity index (χ0v) is 7.36. The summed E-state index contributed by atoms with van der Waals surface area (Å²) in [5, 5.41) is 4.32. The number of allylic oxidation sites excluding steroid dienone is 2. The van der Waals surface area contributed by atoms with E-state index in [2.05, 4.69) is 36.3 Å². The van der Waals surface area contributed by atoms with Gasteiger partial charge in [0.2, 0.25) is 0 Å². The minimum atomic E-state index is 0.506. The van der Waals surface area contributed by atoms with Crippen molar-refractivity contribution in [3.05, 3.63) is 29.6 Å². The molecule has 1 aromatic rings. The molecule has 2 heterocycles. The van der Waals surface area contributed by atoms with Crippen molar-refractivity contribution in [3.8, 4) is 0 Å². The lowest BCUT2D eigenvalue weighted by atomic mass is 10.1. The fourth-order valence-corrected chi connectivity index (χ4v) is 1.31. The van der Waals surface area contributed by atoms with Gasteiger partial charge in [0.25, 0.3) is 0 Å². The van der Waals surface area contributed by atoms with Crippen LogP contribution in [0.1, 0.15) is 18.3 Å². The van der Waals surface area contributed by atoms with E-state index in [0.717, 1.165) is 11.4 Å². The van der Waals surface area contributed by atoms with Gasteiger partial charge in [-0.05, 0) is 25.0 Å². The summed E-state index contributed by atoms with van der Waals surface area (Å²) in [7, 11) is 0. The highest BCUT2D eigenvalue weighted by Gasteiger charge is 2.03. The van der Waals surface area contributed by atoms with Gasteiger partial charge in [-0.25, -0.2) is 4.68 Å². The molecule has 0 saturated carbocycles. The summed E-state index contributed by atoms with van der Waals surface area (Å²) in [6, 6.07) is 2.08. The molecule has 62 valence electrons. The van der Waals surface area contributed by atoms with Crippen LogP contribution in [0, 0.1) is 12.8 Å². The molecular formula is C10H12N2. The maximum atomic E-state index is 4.32. The van der Waals surface area contributed by atoms with Crippen molar-refractivity contribution in [1.29, 1.82) is 0 Å². The minimum Gasteiger partial charge on any atom is -0.241 e. The van der Waals surface area contributed by atoms with Crippen LogP contribution >= 0.6 is 0 Å². The predicted molar refractivity (Wildman–Crippen MR) is 50.5 cm³/mol. The van der Waals surface area contributed by atoms with Crippen molar-refractivity contribution < 1.29 is 0 Å². The van der Waals surface area contributed by atoms with E-state index in [0.29, 0.717) is 5.92 Å². The third-order valence-electron chi connectivity index (χ3n) is 1.99. The fourth-order valence-electron chi connectivity index (χ4n) is 1.31. The first-order valence-corrected chi connectivity index (χ1v) is 4.18. The second-order valence-electron chi connectivity index (χ2n) is 3.21. The molecule has 2 heteroatoms. The largest absolute Gasteiger partial charge is 0.241 e. The van der Waals surface area contributed by atoms with Crippen LogP contribution in [0.4, 0.5) is 0 Å². The summed E-state index contributed by atoms with van der Waals surface area (Å²) < 4.78 is 1.91. The summed E-state index contributed by atoms with van der Waals surface area (Å²) in [5.41, 5.74) is 2.22. The van der Waals surface area contributed by atoms with Gasteiger partial charge in [0.1, 0.15) is 0 Å². The molecule has 0 N–H and O–H groups in total. The summed E-state index contributed by atoms with van der Waals surface area (Å²) in [6.45, 7) is 4.17. The Morgan fingerprint density at radius 1 is 1.42 bits per heavy atom. The molecule has 1 atom stereocenters. The Bertz CT molecular complexity index is 313. The molecule has 12 heavy (non-hydrogen) atoms. The highest BCUT2D eigenvalue weighted by Crippen LogP contribution is 2.13. The van der Waals surface area contributed by atoms with Crippen molar-refractivity contribution in [2.75, 3.05) is 0 Å². The van der Waals surface area contributed by atoms with Gasteiger partial charge in [-0.2, -0.15) is 5.10 Å². The van der Waals surface area contributed by atoms with Crippen molar-refractivity contribution in [2.45, 2.75) is 13.8 Å². The molecule has 0 bridgehead atoms. The van der Waals surface area contributed by atoms with Crippen LogP contribution < -0.4 is 0 Å². The molecule has 1 aromatic heterocycles. The first kappa shape index (κ1) is 7.35. The Labute approximate surface area is 72.2 Å². The average molecular weight is 160 g/mol. The maximum absolute atomic E-state index is 4.32. The Balaban J connectivity index is 2.49. The van der Waals surface area contributed by atoms with Gasteiger partial charge in [0.05, 0.1) is 11.4 Å². The molecular weight excluding hydrogens is 148 g/mol. The van der Waals surface area contributed by atoms with Gasteiger partial charge in [0, 0.05) is 6.20 Å². The normalized spacial score (nSPS) is 20.7. The molecule has 0 aromatic carbocycles. The highest BCUT2D eigenvalue weighted by atomic mass is 15.3. The third kappa shape index (κ3) is 1.20. The molecule has 1 aliphatic rings. The lowest BCUT2D eigenvalue weighted by molar-refractivity contribution is 0.892. The van der Waals surface area contributed by atoms with Crippen LogP contribution in [0.3, 0.4) is 0 Å². The average Bonchev–Trinajstić information content (AvgIpc) is 2.31. The Morgan fingerprint density at radius 3 is 3.08 bits per heavy atom. The molecule has 1 aliphatic heterocycles. The van der Waals surface area contributed by atoms with E-state index in [1.165, 1.54) is 0 Å². The van der Waals surface area contributed by atoms with Crippen molar-refractivity contribution in [1.82, 2.24) is 9.78 Å². The van der Waals surface area contributed by atoms with Gasteiger partial charge >= 0.3 is 0 Å². The zero-order chi connectivity index (χ0) is 8.55. The van der Waals surface area contributed by atoms with E-state index in [1.54, 1.807) is 0 Å². The predicted octanol–water partition coefficient (Wildman–Crippen LogP) is 2.33. The number of aryl methyl sites for hydroxylation is 1. The first-order chi connectivity index (χ1) is 5.75. The van der Waals surface area contributed by atoms with Crippen LogP contribution in [-0.2, 0) is 0 Å². The number of nitrogens with zero attached hydrogens (tertiary/aromatic N) is 2. The SMILES string of the molecule is Cc1cc2n(n1)C=CC(C)C=C2. The Kier molecular flexibility index (Phi) is 1.61. The lowest BCUT2D eigenvalue weighted by Gasteiger charge is -1.92. The zero-order valence-electron chi connectivity index (χ0n) is 7.36. The van der Waals surface area contributed by atoms with Crippen molar-refractivity contribution in [3.63, 3.8) is 0 Å². The molecule has 0 aliphatic carbocycles. The first-order valence-electron chi connectivity index (χ1n) is 4.18. The van der Waals surface area contributed by atoms with Crippen molar-refractivity contribution >= 4 is 12.3 Å². The Hall–Kier alpha value is -1.31. The molecule has 2 rings (SSSR count). The van der Waals surface area contributed by atoms with Gasteiger partial charge in [-0.1, -0.05) is 19.1 Å². The quantitative estimate of drug-likeness (QED) is 0.569. The monoisotopic (exact) mass is 160 g/mol. The second kappa shape index (κ2) is 2.63. The topological polar surface area (TPSA) is 17.8 Å². The molecule has 2 nitrogen and oxygen atoms in total. The van der Waals surface area contributed by atoms with E-state index in [4.69, 9.17) is 0 Å². The van der Waals surface area contributed by atoms with E-state index in [9.17, 15) is 0 Å². The number of hydrogen-bond donors (Lipinski definition) is 0. The standard InChI is InChI=1S/C10H12N2/c1-8-3-4-10-7-9(2)11-12(10)6-5-8/h3-8H,1-2H3. The van der Waals surface area contributed by atoms with Gasteiger partial charge in [-0.15, -0.1) is 0 Å². The maximum Gasteiger partial charge on any atom is 0.0661 e. The summed E-state index contributed by atoms with van der Waals surface area (Å²) in [6.07, 6.45) is 8.45. The molecule has 1 unspecified atom stereocenters. The van der Waals surface area contributed by atoms with Crippen LogP contribution in [0.2, 0.25) is 0 Å². The van der Waals surface area contributed by atoms with E-state index in [1.807, 2.05) is 17.8 Å². The molecule has 0 spiro atoms. The lowest BCUT2D eigenvalue weighted by Crippen LogP contribution is -1.90.